The van der Waals surface area contributed by atoms with Gasteiger partial charge in [-0.25, -0.2) is 9.78 Å². The highest BCUT2D eigenvalue weighted by atomic mass is 16.5. The van der Waals surface area contributed by atoms with Crippen molar-refractivity contribution in [3.63, 3.8) is 0 Å². The number of hydrogen-bond acceptors (Lipinski definition) is 4. The maximum absolute atomic E-state index is 12.4. The summed E-state index contributed by atoms with van der Waals surface area (Å²) in [7, 11) is 1.38. The SMILES string of the molecule is COc1nc2c(cc1C(=O)O)C(=O)N(C1CCCC1)C2. The lowest BCUT2D eigenvalue weighted by Crippen LogP contribution is -2.33. The Morgan fingerprint density at radius 2 is 2.15 bits per heavy atom. The van der Waals surface area contributed by atoms with E-state index in [1.54, 1.807) is 0 Å². The van der Waals surface area contributed by atoms with Gasteiger partial charge in [-0.3, -0.25) is 4.79 Å². The fourth-order valence-electron chi connectivity index (χ4n) is 3.05. The molecule has 3 rings (SSSR count). The van der Waals surface area contributed by atoms with E-state index in [1.807, 2.05) is 4.90 Å². The summed E-state index contributed by atoms with van der Waals surface area (Å²) in [5.41, 5.74) is 0.951. The smallest absolute Gasteiger partial charge is 0.341 e. The molecule has 1 fully saturated rings. The molecule has 0 saturated heterocycles. The van der Waals surface area contributed by atoms with Crippen LogP contribution in [0.25, 0.3) is 0 Å². The predicted molar refractivity (Wildman–Crippen MR) is 69.9 cm³/mol. The Bertz CT molecular complexity index is 579. The second kappa shape index (κ2) is 4.77. The molecule has 1 aromatic rings. The highest BCUT2D eigenvalue weighted by Gasteiger charge is 2.36. The highest BCUT2D eigenvalue weighted by molar-refractivity contribution is 6.01. The zero-order valence-electron chi connectivity index (χ0n) is 11.3. The number of aromatic carboxylic acids is 1. The molecule has 0 atom stereocenters. The van der Waals surface area contributed by atoms with E-state index in [1.165, 1.54) is 13.2 Å². The number of ether oxygens (including phenoxy) is 1. The molecule has 1 aliphatic carbocycles. The summed E-state index contributed by atoms with van der Waals surface area (Å²) in [4.78, 5) is 29.6. The van der Waals surface area contributed by atoms with Crippen molar-refractivity contribution >= 4 is 11.9 Å². The highest BCUT2D eigenvalue weighted by Crippen LogP contribution is 2.33. The molecule has 0 spiro atoms. The fraction of sp³-hybridized carbons (Fsp3) is 0.500. The quantitative estimate of drug-likeness (QED) is 0.908. The van der Waals surface area contributed by atoms with Crippen LogP contribution in [0, 0.1) is 0 Å². The molecule has 106 valence electrons. The summed E-state index contributed by atoms with van der Waals surface area (Å²) in [6.07, 6.45) is 4.31. The second-order valence-corrected chi connectivity index (χ2v) is 5.22. The Labute approximate surface area is 116 Å². The van der Waals surface area contributed by atoms with Gasteiger partial charge in [0.25, 0.3) is 5.91 Å². The first-order valence-electron chi connectivity index (χ1n) is 6.74. The van der Waals surface area contributed by atoms with Crippen LogP contribution in [0.4, 0.5) is 0 Å². The zero-order chi connectivity index (χ0) is 14.3. The van der Waals surface area contributed by atoms with Gasteiger partial charge in [0.1, 0.15) is 5.56 Å². The van der Waals surface area contributed by atoms with E-state index in [-0.39, 0.29) is 23.4 Å². The third-order valence-electron chi connectivity index (χ3n) is 4.07. The van der Waals surface area contributed by atoms with Crippen LogP contribution >= 0.6 is 0 Å². The van der Waals surface area contributed by atoms with Crippen molar-refractivity contribution < 1.29 is 19.4 Å². The molecule has 2 heterocycles. The molecule has 2 aliphatic rings. The van der Waals surface area contributed by atoms with E-state index in [0.29, 0.717) is 17.8 Å². The lowest BCUT2D eigenvalue weighted by Gasteiger charge is -2.22. The molecular weight excluding hydrogens is 260 g/mol. The third kappa shape index (κ3) is 1.92. The summed E-state index contributed by atoms with van der Waals surface area (Å²) in [5, 5.41) is 9.15. The number of pyridine rings is 1. The van der Waals surface area contributed by atoms with Gasteiger partial charge in [-0.2, -0.15) is 0 Å². The minimum absolute atomic E-state index is 0.0622. The number of nitrogens with zero attached hydrogens (tertiary/aromatic N) is 2. The Morgan fingerprint density at radius 3 is 2.75 bits per heavy atom. The molecule has 6 heteroatoms. The van der Waals surface area contributed by atoms with Crippen molar-refractivity contribution in [1.29, 1.82) is 0 Å². The summed E-state index contributed by atoms with van der Waals surface area (Å²) in [5.74, 6) is -1.17. The van der Waals surface area contributed by atoms with E-state index >= 15 is 0 Å². The number of carboxylic acids is 1. The van der Waals surface area contributed by atoms with Crippen molar-refractivity contribution in [2.24, 2.45) is 0 Å². The molecule has 1 N–H and O–H groups in total. The first-order valence-corrected chi connectivity index (χ1v) is 6.74. The molecule has 20 heavy (non-hydrogen) atoms. The number of carboxylic acid groups (broad SMARTS) is 1. The molecule has 1 aliphatic heterocycles. The second-order valence-electron chi connectivity index (χ2n) is 5.22. The van der Waals surface area contributed by atoms with Crippen LogP contribution in [0.5, 0.6) is 5.88 Å². The molecule has 1 saturated carbocycles. The van der Waals surface area contributed by atoms with Crippen molar-refractivity contribution in [3.8, 4) is 5.88 Å². The van der Waals surface area contributed by atoms with E-state index in [2.05, 4.69) is 4.98 Å². The predicted octanol–water partition coefficient (Wildman–Crippen LogP) is 1.69. The Balaban J connectivity index is 1.98. The lowest BCUT2D eigenvalue weighted by molar-refractivity contribution is 0.0691. The standard InChI is InChI=1S/C14H16N2O4/c1-20-12-10(14(18)19)6-9-11(15-12)7-16(13(9)17)8-4-2-3-5-8/h6,8H,2-5,7H2,1H3,(H,18,19). The Kier molecular flexibility index (Phi) is 3.08. The average Bonchev–Trinajstić information content (AvgIpc) is 3.05. The van der Waals surface area contributed by atoms with E-state index in [0.717, 1.165) is 25.7 Å². The minimum Gasteiger partial charge on any atom is -0.480 e. The van der Waals surface area contributed by atoms with Crippen molar-refractivity contribution in [2.45, 2.75) is 38.3 Å². The third-order valence-corrected chi connectivity index (χ3v) is 4.07. The number of carbonyl (C=O) groups is 2. The fourth-order valence-corrected chi connectivity index (χ4v) is 3.05. The van der Waals surface area contributed by atoms with Gasteiger partial charge < -0.3 is 14.7 Å². The van der Waals surface area contributed by atoms with Crippen LogP contribution in [0.1, 0.15) is 52.1 Å². The van der Waals surface area contributed by atoms with Gasteiger partial charge in [-0.15, -0.1) is 0 Å². The number of amides is 1. The van der Waals surface area contributed by atoms with Gasteiger partial charge in [0.05, 0.1) is 24.9 Å². The molecule has 1 amide bonds. The molecule has 6 nitrogen and oxygen atoms in total. The first-order chi connectivity index (χ1) is 9.61. The first kappa shape index (κ1) is 12.9. The molecule has 0 bridgehead atoms. The van der Waals surface area contributed by atoms with Crippen molar-refractivity contribution in [1.82, 2.24) is 9.88 Å². The van der Waals surface area contributed by atoms with Crippen molar-refractivity contribution in [2.75, 3.05) is 7.11 Å². The molecule has 1 aromatic heterocycles. The molecule has 0 aromatic carbocycles. The van der Waals surface area contributed by atoms with Crippen LogP contribution in [0.3, 0.4) is 0 Å². The molecular formula is C14H16N2O4. The van der Waals surface area contributed by atoms with Crippen molar-refractivity contribution in [3.05, 3.63) is 22.9 Å². The normalized spacial score (nSPS) is 18.4. The van der Waals surface area contributed by atoms with Crippen LogP contribution in [0.2, 0.25) is 0 Å². The number of methoxy groups -OCH3 is 1. The van der Waals surface area contributed by atoms with Crippen LogP contribution < -0.4 is 4.74 Å². The zero-order valence-corrected chi connectivity index (χ0v) is 11.3. The number of hydrogen-bond donors (Lipinski definition) is 1. The van der Waals surface area contributed by atoms with Gasteiger partial charge >= 0.3 is 5.97 Å². The largest absolute Gasteiger partial charge is 0.480 e. The molecule has 0 unspecified atom stereocenters. The van der Waals surface area contributed by atoms with Gasteiger partial charge in [0.15, 0.2) is 0 Å². The van der Waals surface area contributed by atoms with E-state index < -0.39 is 5.97 Å². The monoisotopic (exact) mass is 276 g/mol. The van der Waals surface area contributed by atoms with Gasteiger partial charge in [0.2, 0.25) is 5.88 Å². The van der Waals surface area contributed by atoms with Gasteiger partial charge in [-0.05, 0) is 18.9 Å². The topological polar surface area (TPSA) is 79.7 Å². The molecule has 0 radical (unpaired) electrons. The van der Waals surface area contributed by atoms with E-state index in [4.69, 9.17) is 9.84 Å². The van der Waals surface area contributed by atoms with Crippen LogP contribution in [-0.4, -0.2) is 40.0 Å². The Hall–Kier alpha value is -2.11. The van der Waals surface area contributed by atoms with Gasteiger partial charge in [-0.1, -0.05) is 12.8 Å². The maximum atomic E-state index is 12.4. The summed E-state index contributed by atoms with van der Waals surface area (Å²) in [6, 6.07) is 1.65. The number of aromatic nitrogens is 1. The minimum atomic E-state index is -1.13. The van der Waals surface area contributed by atoms with Crippen LogP contribution in [-0.2, 0) is 6.54 Å². The summed E-state index contributed by atoms with van der Waals surface area (Å²) < 4.78 is 5.01. The van der Waals surface area contributed by atoms with E-state index in [9.17, 15) is 9.59 Å². The summed E-state index contributed by atoms with van der Waals surface area (Å²) in [6.45, 7) is 0.453. The Morgan fingerprint density at radius 1 is 1.45 bits per heavy atom. The van der Waals surface area contributed by atoms with Gasteiger partial charge in [0, 0.05) is 6.04 Å². The summed E-state index contributed by atoms with van der Waals surface area (Å²) >= 11 is 0. The maximum Gasteiger partial charge on any atom is 0.341 e. The number of carbonyl (C=O) groups excluding carboxylic acids is 1. The van der Waals surface area contributed by atoms with Crippen LogP contribution in [0.15, 0.2) is 6.07 Å². The number of rotatable bonds is 3. The number of fused-ring (bicyclic) bond motifs is 1. The lowest BCUT2D eigenvalue weighted by atomic mass is 10.1. The average molecular weight is 276 g/mol.